The molecule has 1 saturated carbocycles. The van der Waals surface area contributed by atoms with Crippen molar-refractivity contribution < 1.29 is 13.2 Å². The minimum atomic E-state index is -3.43. The van der Waals surface area contributed by atoms with Gasteiger partial charge in [-0.15, -0.1) is 11.3 Å². The molecule has 0 radical (unpaired) electrons. The Balaban J connectivity index is 1.60. The molecule has 0 saturated heterocycles. The van der Waals surface area contributed by atoms with Gasteiger partial charge >= 0.3 is 0 Å². The molecule has 1 spiro atoms. The van der Waals surface area contributed by atoms with Crippen molar-refractivity contribution in [3.63, 3.8) is 0 Å². The monoisotopic (exact) mass is 463 g/mol. The number of thiophene rings is 1. The first-order valence-corrected chi connectivity index (χ1v) is 12.6. The van der Waals surface area contributed by atoms with Crippen LogP contribution >= 0.6 is 22.9 Å². The second-order valence-electron chi connectivity index (χ2n) is 8.27. The van der Waals surface area contributed by atoms with Gasteiger partial charge in [-0.25, -0.2) is 8.42 Å². The summed E-state index contributed by atoms with van der Waals surface area (Å²) in [6.45, 7) is 1.80. The van der Waals surface area contributed by atoms with Gasteiger partial charge in [-0.3, -0.25) is 4.99 Å². The van der Waals surface area contributed by atoms with E-state index in [2.05, 4.69) is 4.98 Å². The molecule has 5 rings (SSSR count). The molecule has 30 heavy (non-hydrogen) atoms. The van der Waals surface area contributed by atoms with Gasteiger partial charge in [0.1, 0.15) is 21.9 Å². The second-order valence-corrected chi connectivity index (χ2v) is 12.0. The molecule has 3 N–H and O–H groups in total. The minimum Gasteiger partial charge on any atom is -0.495 e. The van der Waals surface area contributed by atoms with Crippen LogP contribution < -0.4 is 10.5 Å². The molecule has 1 aromatic carbocycles. The van der Waals surface area contributed by atoms with Crippen molar-refractivity contribution in [3.05, 3.63) is 40.2 Å². The van der Waals surface area contributed by atoms with Crippen LogP contribution in [-0.2, 0) is 15.4 Å². The number of sulfone groups is 1. The maximum absolute atomic E-state index is 13.1. The predicted molar refractivity (Wildman–Crippen MR) is 123 cm³/mol. The smallest absolute Gasteiger partial charge is 0.165 e. The Morgan fingerprint density at radius 1 is 1.30 bits per heavy atom. The first-order valence-electron chi connectivity index (χ1n) is 9.73. The Bertz CT molecular complexity index is 1300. The van der Waals surface area contributed by atoms with Crippen LogP contribution in [0.4, 0.5) is 0 Å². The Hall–Kier alpha value is -2.03. The lowest BCUT2D eigenvalue weighted by Gasteiger charge is -2.46. The highest BCUT2D eigenvalue weighted by Gasteiger charge is 2.58. The van der Waals surface area contributed by atoms with Gasteiger partial charge in [0.15, 0.2) is 9.84 Å². The lowest BCUT2D eigenvalue weighted by molar-refractivity contribution is 0.393. The number of fused-ring (bicyclic) bond motifs is 1. The number of rotatable bonds is 3. The molecule has 3 heterocycles. The standard InChI is InChI=1S/C21H22ClN3O3S2/c1-20(11-30(26,27)21(7-4-8-21)19(23)25-20)18-13(22)10-16(29-18)14-9-12-5-3-6-15(28-2)17(12)24-14/h3,5-6,9-10,24H,4,7-8,11H2,1-2H3,(H2,23,25). The molecule has 1 aliphatic carbocycles. The molecule has 1 unspecified atom stereocenters. The van der Waals surface area contributed by atoms with Crippen molar-refractivity contribution in [3.8, 4) is 16.3 Å². The Morgan fingerprint density at radius 2 is 2.07 bits per heavy atom. The molecule has 1 fully saturated rings. The van der Waals surface area contributed by atoms with Gasteiger partial charge in [-0.2, -0.15) is 0 Å². The number of ether oxygens (including phenoxy) is 1. The van der Waals surface area contributed by atoms with E-state index < -0.39 is 20.1 Å². The summed E-state index contributed by atoms with van der Waals surface area (Å²) in [5.41, 5.74) is 7.03. The quantitative estimate of drug-likeness (QED) is 0.598. The van der Waals surface area contributed by atoms with E-state index in [1.54, 1.807) is 14.0 Å². The number of hydrogen-bond donors (Lipinski definition) is 2. The number of nitrogens with zero attached hydrogens (tertiary/aromatic N) is 1. The third kappa shape index (κ3) is 2.66. The van der Waals surface area contributed by atoms with E-state index >= 15 is 0 Å². The minimum absolute atomic E-state index is 0.0824. The summed E-state index contributed by atoms with van der Waals surface area (Å²) in [5.74, 6) is 0.903. The SMILES string of the molecule is COc1cccc2cc(-c3cc(Cl)c(C4(C)CS(=O)(=O)C5(CCC5)C(N)=N4)s3)[nH]c12. The van der Waals surface area contributed by atoms with Gasteiger partial charge < -0.3 is 15.5 Å². The fraction of sp³-hybridized carbons (Fsp3) is 0.381. The van der Waals surface area contributed by atoms with Crippen molar-refractivity contribution >= 4 is 49.5 Å². The number of nitrogens with one attached hydrogen (secondary N) is 1. The van der Waals surface area contributed by atoms with E-state index in [1.807, 2.05) is 30.3 Å². The van der Waals surface area contributed by atoms with Gasteiger partial charge in [-0.05, 0) is 44.4 Å². The maximum Gasteiger partial charge on any atom is 0.165 e. The van der Waals surface area contributed by atoms with E-state index in [0.717, 1.165) is 33.6 Å². The lowest BCUT2D eigenvalue weighted by Crippen LogP contribution is -2.61. The number of para-hydroxylation sites is 1. The van der Waals surface area contributed by atoms with Gasteiger partial charge in [0.25, 0.3) is 0 Å². The van der Waals surface area contributed by atoms with Crippen LogP contribution in [0, 0.1) is 0 Å². The summed E-state index contributed by atoms with van der Waals surface area (Å²) in [6.07, 6.45) is 1.97. The van der Waals surface area contributed by atoms with E-state index in [-0.39, 0.29) is 11.6 Å². The van der Waals surface area contributed by atoms with Crippen LogP contribution in [0.2, 0.25) is 5.02 Å². The summed E-state index contributed by atoms with van der Waals surface area (Å²) < 4.78 is 30.8. The number of aromatic amines is 1. The van der Waals surface area contributed by atoms with E-state index in [9.17, 15) is 8.42 Å². The van der Waals surface area contributed by atoms with E-state index in [0.29, 0.717) is 22.7 Å². The zero-order valence-electron chi connectivity index (χ0n) is 16.7. The highest BCUT2D eigenvalue weighted by molar-refractivity contribution is 7.93. The van der Waals surface area contributed by atoms with Crippen LogP contribution in [0.25, 0.3) is 21.5 Å². The fourth-order valence-electron chi connectivity index (χ4n) is 4.55. The first-order chi connectivity index (χ1) is 14.2. The summed E-state index contributed by atoms with van der Waals surface area (Å²) in [4.78, 5) is 9.72. The largest absolute Gasteiger partial charge is 0.495 e. The number of methoxy groups -OCH3 is 1. The summed E-state index contributed by atoms with van der Waals surface area (Å²) >= 11 is 8.05. The predicted octanol–water partition coefficient (Wildman–Crippen LogP) is 4.48. The zero-order valence-corrected chi connectivity index (χ0v) is 19.0. The molecule has 1 aliphatic heterocycles. The number of halogens is 1. The molecule has 2 aromatic heterocycles. The Morgan fingerprint density at radius 3 is 2.70 bits per heavy atom. The molecule has 3 aromatic rings. The molecule has 2 aliphatic rings. The average molecular weight is 464 g/mol. The van der Waals surface area contributed by atoms with Crippen LogP contribution in [0.15, 0.2) is 35.3 Å². The van der Waals surface area contributed by atoms with Gasteiger partial charge in [0.2, 0.25) is 0 Å². The molecule has 0 bridgehead atoms. The number of H-pyrrole nitrogens is 1. The van der Waals surface area contributed by atoms with Crippen LogP contribution in [0.3, 0.4) is 0 Å². The second kappa shape index (κ2) is 6.48. The molecule has 6 nitrogen and oxygen atoms in total. The Labute approximate surface area is 184 Å². The van der Waals surface area contributed by atoms with E-state index in [1.165, 1.54) is 11.3 Å². The van der Waals surface area contributed by atoms with Gasteiger partial charge in [0, 0.05) is 5.39 Å². The van der Waals surface area contributed by atoms with Crippen molar-refractivity contribution in [2.75, 3.05) is 12.9 Å². The average Bonchev–Trinajstić information content (AvgIpc) is 3.22. The highest BCUT2D eigenvalue weighted by atomic mass is 35.5. The number of benzene rings is 1. The highest BCUT2D eigenvalue weighted by Crippen LogP contribution is 2.50. The van der Waals surface area contributed by atoms with E-state index in [4.69, 9.17) is 27.1 Å². The number of aliphatic imine (C=N–C) groups is 1. The molecule has 1 atom stereocenters. The third-order valence-electron chi connectivity index (χ3n) is 6.34. The normalized spacial score (nSPS) is 24.6. The molecule has 9 heteroatoms. The first kappa shape index (κ1) is 19.9. The molecular weight excluding hydrogens is 442 g/mol. The summed E-state index contributed by atoms with van der Waals surface area (Å²) in [5, 5.41) is 1.52. The number of aromatic nitrogens is 1. The number of amidine groups is 1. The Kier molecular flexibility index (Phi) is 4.30. The van der Waals surface area contributed by atoms with Crippen molar-refractivity contribution in [1.29, 1.82) is 0 Å². The van der Waals surface area contributed by atoms with Gasteiger partial charge in [-0.1, -0.05) is 23.7 Å². The van der Waals surface area contributed by atoms with Crippen LogP contribution in [0.1, 0.15) is 31.1 Å². The van der Waals surface area contributed by atoms with Gasteiger partial charge in [0.05, 0.1) is 38.9 Å². The maximum atomic E-state index is 13.1. The summed E-state index contributed by atoms with van der Waals surface area (Å²) in [6, 6.07) is 9.73. The lowest BCUT2D eigenvalue weighted by atomic mass is 9.82. The summed E-state index contributed by atoms with van der Waals surface area (Å²) in [7, 11) is -1.79. The van der Waals surface area contributed by atoms with Crippen LogP contribution in [0.5, 0.6) is 5.75 Å². The number of hydrogen-bond acceptors (Lipinski definition) is 6. The fourth-order valence-corrected chi connectivity index (χ4v) is 8.74. The van der Waals surface area contributed by atoms with Crippen molar-refractivity contribution in [1.82, 2.24) is 4.98 Å². The van der Waals surface area contributed by atoms with Crippen molar-refractivity contribution in [2.24, 2.45) is 10.7 Å². The topological polar surface area (TPSA) is 97.5 Å². The molecule has 0 amide bonds. The molecule has 158 valence electrons. The van der Waals surface area contributed by atoms with Crippen LogP contribution in [-0.4, -0.2) is 36.8 Å². The third-order valence-corrected chi connectivity index (χ3v) is 10.9. The number of nitrogens with two attached hydrogens (primary N) is 1. The molecular formula is C21H22ClN3O3S2. The van der Waals surface area contributed by atoms with Crippen molar-refractivity contribution in [2.45, 2.75) is 36.5 Å². The zero-order chi connectivity index (χ0) is 21.3.